The summed E-state index contributed by atoms with van der Waals surface area (Å²) in [6.07, 6.45) is 0. The van der Waals surface area contributed by atoms with Gasteiger partial charge in [0.2, 0.25) is 0 Å². The molecule has 3 aromatic heterocycles. The second-order valence-corrected chi connectivity index (χ2v) is 12.7. The molecule has 0 amide bonds. The molecule has 0 aliphatic rings. The van der Waals surface area contributed by atoms with Crippen molar-refractivity contribution in [1.29, 1.82) is 0 Å². The minimum absolute atomic E-state index is 0.635. The predicted molar refractivity (Wildman–Crippen MR) is 207 cm³/mol. The molecule has 0 bridgehead atoms. The third-order valence-electron chi connectivity index (χ3n) is 9.51. The Labute approximate surface area is 293 Å². The van der Waals surface area contributed by atoms with Crippen molar-refractivity contribution in [2.45, 2.75) is 0 Å². The van der Waals surface area contributed by atoms with Crippen LogP contribution in [0.1, 0.15) is 0 Å². The molecule has 0 aliphatic carbocycles. The lowest BCUT2D eigenvalue weighted by molar-refractivity contribution is 0.672. The van der Waals surface area contributed by atoms with E-state index in [1.165, 1.54) is 5.39 Å². The monoisotopic (exact) mass is 652 g/mol. The number of para-hydroxylation sites is 1. The van der Waals surface area contributed by atoms with Gasteiger partial charge in [-0.2, -0.15) is 0 Å². The average molecular weight is 653 g/mol. The van der Waals surface area contributed by atoms with Crippen LogP contribution in [0.3, 0.4) is 0 Å². The maximum atomic E-state index is 6.53. The van der Waals surface area contributed by atoms with Gasteiger partial charge >= 0.3 is 0 Å². The molecule has 0 fully saturated rings. The summed E-state index contributed by atoms with van der Waals surface area (Å²) in [6, 6.07) is 58.1. The molecule has 0 N–H and O–H groups in total. The van der Waals surface area contributed by atoms with Gasteiger partial charge in [0.05, 0.1) is 16.6 Å². The van der Waals surface area contributed by atoms with Gasteiger partial charge < -0.3 is 4.42 Å². The summed E-state index contributed by atoms with van der Waals surface area (Å²) in [4.78, 5) is 19.9. The van der Waals surface area contributed by atoms with Crippen LogP contribution in [0.4, 0.5) is 0 Å². The average Bonchev–Trinajstić information content (AvgIpc) is 3.61. The molecule has 0 radical (unpaired) electrons. The third kappa shape index (κ3) is 5.11. The van der Waals surface area contributed by atoms with Gasteiger partial charge in [0.1, 0.15) is 11.2 Å². The fourth-order valence-corrected chi connectivity index (χ4v) is 6.93. The second kappa shape index (κ2) is 11.9. The fraction of sp³-hybridized carbons (Fsp3) is 0. The topological polar surface area (TPSA) is 64.7 Å². The van der Waals surface area contributed by atoms with Crippen molar-refractivity contribution < 1.29 is 4.42 Å². The molecular formula is C46H28N4O. The number of pyridine rings is 1. The molecule has 238 valence electrons. The number of aromatic nitrogens is 4. The predicted octanol–water partition coefficient (Wildman–Crippen LogP) is 11.8. The maximum absolute atomic E-state index is 6.53. The summed E-state index contributed by atoms with van der Waals surface area (Å²) in [5.41, 5.74) is 9.62. The van der Waals surface area contributed by atoms with Crippen LogP contribution in [-0.4, -0.2) is 19.9 Å². The molecule has 5 nitrogen and oxygen atoms in total. The number of furan rings is 1. The lowest BCUT2D eigenvalue weighted by Gasteiger charge is -2.10. The molecule has 10 rings (SSSR count). The smallest absolute Gasteiger partial charge is 0.164 e. The van der Waals surface area contributed by atoms with Gasteiger partial charge in [-0.05, 0) is 40.1 Å². The van der Waals surface area contributed by atoms with Crippen LogP contribution in [0.2, 0.25) is 0 Å². The molecule has 5 heteroatoms. The molecule has 51 heavy (non-hydrogen) atoms. The first-order valence-electron chi connectivity index (χ1n) is 17.0. The Bertz CT molecular complexity index is 2820. The Morgan fingerprint density at radius 1 is 0.353 bits per heavy atom. The normalized spacial score (nSPS) is 11.5. The highest BCUT2D eigenvalue weighted by atomic mass is 16.3. The van der Waals surface area contributed by atoms with E-state index in [1.54, 1.807) is 0 Å². The summed E-state index contributed by atoms with van der Waals surface area (Å²) < 4.78 is 6.53. The van der Waals surface area contributed by atoms with Crippen LogP contribution in [0.25, 0.3) is 100 Å². The first-order valence-corrected chi connectivity index (χ1v) is 17.0. The molecular weight excluding hydrogens is 625 g/mol. The first-order chi connectivity index (χ1) is 25.2. The van der Waals surface area contributed by atoms with Gasteiger partial charge in [0.25, 0.3) is 0 Å². The second-order valence-electron chi connectivity index (χ2n) is 12.7. The number of nitrogens with zero attached hydrogens (tertiary/aromatic N) is 4. The largest absolute Gasteiger partial charge is 0.455 e. The highest BCUT2D eigenvalue weighted by Crippen LogP contribution is 2.41. The Hall–Kier alpha value is -6.98. The van der Waals surface area contributed by atoms with Gasteiger partial charge in [0, 0.05) is 33.0 Å². The number of hydrogen-bond acceptors (Lipinski definition) is 5. The Kier molecular flexibility index (Phi) is 6.74. The lowest BCUT2D eigenvalue weighted by atomic mass is 9.98. The molecule has 0 saturated heterocycles. The van der Waals surface area contributed by atoms with E-state index in [-0.39, 0.29) is 0 Å². The molecule has 0 aliphatic heterocycles. The zero-order valence-corrected chi connectivity index (χ0v) is 27.4. The van der Waals surface area contributed by atoms with Crippen molar-refractivity contribution in [2.75, 3.05) is 0 Å². The van der Waals surface area contributed by atoms with E-state index in [0.717, 1.165) is 77.3 Å². The summed E-state index contributed by atoms with van der Waals surface area (Å²) in [5.74, 6) is 1.93. The molecule has 10 aromatic rings. The van der Waals surface area contributed by atoms with E-state index in [2.05, 4.69) is 97.1 Å². The summed E-state index contributed by atoms with van der Waals surface area (Å²) >= 11 is 0. The molecule has 0 saturated carbocycles. The van der Waals surface area contributed by atoms with Crippen molar-refractivity contribution in [1.82, 2.24) is 19.9 Å². The van der Waals surface area contributed by atoms with Crippen molar-refractivity contribution in [3.63, 3.8) is 0 Å². The van der Waals surface area contributed by atoms with Gasteiger partial charge in [-0.3, -0.25) is 0 Å². The highest BCUT2D eigenvalue weighted by molar-refractivity contribution is 6.20. The zero-order valence-electron chi connectivity index (χ0n) is 27.4. The molecule has 0 atom stereocenters. The molecule has 3 heterocycles. The summed E-state index contributed by atoms with van der Waals surface area (Å²) in [7, 11) is 0. The Morgan fingerprint density at radius 2 is 0.824 bits per heavy atom. The van der Waals surface area contributed by atoms with Gasteiger partial charge in [-0.25, -0.2) is 19.9 Å². The standard InChI is InChI=1S/C46H28N4O/c1-3-11-32(12-4-1)44-48-45(33-13-5-2-6-14-33)50-46(49-44)34-25-21-30(22-26-34)29-19-23-31(24-20-29)42-41-37-17-9-10-18-40(37)51-43(41)38-27-35-15-7-8-16-36(35)28-39(38)47-42/h1-28H. The maximum Gasteiger partial charge on any atom is 0.164 e. The summed E-state index contributed by atoms with van der Waals surface area (Å²) in [6.45, 7) is 0. The number of rotatable bonds is 5. The first kappa shape index (κ1) is 29.0. The van der Waals surface area contributed by atoms with Crippen molar-refractivity contribution >= 4 is 43.6 Å². The molecule has 0 spiro atoms. The van der Waals surface area contributed by atoms with Gasteiger partial charge in [0.15, 0.2) is 17.5 Å². The number of hydrogen-bond donors (Lipinski definition) is 0. The quantitative estimate of drug-likeness (QED) is 0.173. The third-order valence-corrected chi connectivity index (χ3v) is 9.51. The van der Waals surface area contributed by atoms with E-state index in [4.69, 9.17) is 24.4 Å². The van der Waals surface area contributed by atoms with E-state index in [1.807, 2.05) is 72.8 Å². The Morgan fingerprint density at radius 3 is 1.43 bits per heavy atom. The van der Waals surface area contributed by atoms with Crippen molar-refractivity contribution in [2.24, 2.45) is 0 Å². The molecule has 7 aromatic carbocycles. The van der Waals surface area contributed by atoms with E-state index >= 15 is 0 Å². The van der Waals surface area contributed by atoms with Crippen LogP contribution in [0.15, 0.2) is 174 Å². The SMILES string of the molecule is c1ccc(-c2nc(-c3ccccc3)nc(-c3ccc(-c4ccc(-c5nc6cc7ccccc7cc6c6oc7ccccc7c56)cc4)cc3)n2)cc1. The van der Waals surface area contributed by atoms with Gasteiger partial charge in [-0.15, -0.1) is 0 Å². The minimum atomic E-state index is 0.635. The number of benzene rings is 7. The van der Waals surface area contributed by atoms with Crippen LogP contribution < -0.4 is 0 Å². The number of fused-ring (bicyclic) bond motifs is 6. The van der Waals surface area contributed by atoms with E-state index in [0.29, 0.717) is 17.5 Å². The Balaban J connectivity index is 1.03. The van der Waals surface area contributed by atoms with Crippen LogP contribution >= 0.6 is 0 Å². The van der Waals surface area contributed by atoms with Gasteiger partial charge in [-0.1, -0.05) is 152 Å². The van der Waals surface area contributed by atoms with Crippen LogP contribution in [-0.2, 0) is 0 Å². The molecule has 0 unspecified atom stereocenters. The zero-order chi connectivity index (χ0) is 33.7. The summed E-state index contributed by atoms with van der Waals surface area (Å²) in [5, 5.41) is 5.44. The lowest BCUT2D eigenvalue weighted by Crippen LogP contribution is -2.00. The van der Waals surface area contributed by atoms with Crippen molar-refractivity contribution in [3.05, 3.63) is 170 Å². The van der Waals surface area contributed by atoms with Crippen molar-refractivity contribution in [3.8, 4) is 56.5 Å². The van der Waals surface area contributed by atoms with Crippen LogP contribution in [0.5, 0.6) is 0 Å². The van der Waals surface area contributed by atoms with E-state index < -0.39 is 0 Å². The van der Waals surface area contributed by atoms with Crippen LogP contribution in [0, 0.1) is 0 Å². The fourth-order valence-electron chi connectivity index (χ4n) is 6.93. The minimum Gasteiger partial charge on any atom is -0.455 e. The highest BCUT2D eigenvalue weighted by Gasteiger charge is 2.19. The van der Waals surface area contributed by atoms with E-state index in [9.17, 15) is 0 Å².